The van der Waals surface area contributed by atoms with Gasteiger partial charge in [0.1, 0.15) is 22.8 Å². The first-order valence-corrected chi connectivity index (χ1v) is 8.83. The Labute approximate surface area is 165 Å². The quantitative estimate of drug-likeness (QED) is 0.310. The Kier molecular flexibility index (Phi) is 8.36. The van der Waals surface area contributed by atoms with Crippen molar-refractivity contribution in [3.8, 4) is 0 Å². The highest BCUT2D eigenvalue weighted by molar-refractivity contribution is 6.62. The van der Waals surface area contributed by atoms with Gasteiger partial charge in [-0.15, -0.1) is 0 Å². The monoisotopic (exact) mass is 401 g/mol. The first-order valence-electron chi connectivity index (χ1n) is 8.83. The molecule has 0 rings (SSSR count). The Hall–Kier alpha value is -2.45. The molecule has 0 saturated carbocycles. The van der Waals surface area contributed by atoms with E-state index in [1.165, 1.54) is 20.8 Å². The summed E-state index contributed by atoms with van der Waals surface area (Å²) in [6.45, 7) is 14.3. The molecule has 28 heavy (non-hydrogen) atoms. The molecule has 1 N–H and O–H groups in total. The molecule has 0 aliphatic rings. The van der Waals surface area contributed by atoms with Crippen LogP contribution in [-0.4, -0.2) is 52.4 Å². The zero-order valence-electron chi connectivity index (χ0n) is 18.1. The van der Waals surface area contributed by atoms with E-state index in [0.717, 1.165) is 0 Å². The zero-order valence-corrected chi connectivity index (χ0v) is 18.1. The molecule has 9 nitrogen and oxygen atoms in total. The van der Waals surface area contributed by atoms with E-state index >= 15 is 0 Å². The van der Waals surface area contributed by atoms with Crippen molar-refractivity contribution >= 4 is 29.6 Å². The number of amides is 1. The topological polar surface area (TPSA) is 125 Å². The summed E-state index contributed by atoms with van der Waals surface area (Å²) in [5.74, 6) is -4.89. The van der Waals surface area contributed by atoms with Gasteiger partial charge in [0.2, 0.25) is 5.78 Å². The molecule has 0 unspecified atom stereocenters. The normalized spacial score (nSPS) is 13.2. The number of carbonyl (C=O) groups is 5. The van der Waals surface area contributed by atoms with E-state index in [2.05, 4.69) is 5.32 Å². The SMILES string of the molecule is CC(C)(C)OC(=O)N[C@@H](CC(=O)C(=O)C(=O)OC(C)(C)C)C(=O)OC(C)(C)C. The Balaban J connectivity index is 5.32. The van der Waals surface area contributed by atoms with Gasteiger partial charge in [0.05, 0.1) is 0 Å². The van der Waals surface area contributed by atoms with Crippen molar-refractivity contribution in [1.29, 1.82) is 0 Å². The molecule has 0 spiro atoms. The standard InChI is InChI=1S/C19H31NO8/c1-17(2,3)26-14(23)11(20-16(25)28-19(7,8)9)10-12(21)13(22)15(24)27-18(4,5)6/h11H,10H2,1-9H3,(H,20,25)/t11-/m0/s1. The summed E-state index contributed by atoms with van der Waals surface area (Å²) >= 11 is 0. The Bertz CT molecular complexity index is 632. The van der Waals surface area contributed by atoms with E-state index in [1.807, 2.05) is 0 Å². The molecule has 0 radical (unpaired) electrons. The maximum Gasteiger partial charge on any atom is 0.408 e. The summed E-state index contributed by atoms with van der Waals surface area (Å²) in [6.07, 6.45) is -1.74. The van der Waals surface area contributed by atoms with Gasteiger partial charge in [-0.05, 0) is 62.3 Å². The minimum absolute atomic E-state index is 0.772. The van der Waals surface area contributed by atoms with Crippen LogP contribution in [0.5, 0.6) is 0 Å². The minimum atomic E-state index is -1.51. The lowest BCUT2D eigenvalue weighted by Crippen LogP contribution is -2.48. The molecule has 0 aliphatic carbocycles. The molecule has 0 aliphatic heterocycles. The van der Waals surface area contributed by atoms with Crippen molar-refractivity contribution in [2.75, 3.05) is 0 Å². The average Bonchev–Trinajstić information content (AvgIpc) is 2.39. The van der Waals surface area contributed by atoms with Gasteiger partial charge in [0.15, 0.2) is 0 Å². The van der Waals surface area contributed by atoms with E-state index < -0.39 is 58.9 Å². The molecule has 0 aromatic heterocycles. The highest BCUT2D eigenvalue weighted by Crippen LogP contribution is 2.13. The summed E-state index contributed by atoms with van der Waals surface area (Å²) in [4.78, 5) is 60.2. The molecule has 0 aromatic carbocycles. The fourth-order valence-corrected chi connectivity index (χ4v) is 1.73. The molecular weight excluding hydrogens is 370 g/mol. The number of ether oxygens (including phenoxy) is 3. The van der Waals surface area contributed by atoms with Gasteiger partial charge in [-0.1, -0.05) is 0 Å². The smallest absolute Gasteiger partial charge is 0.408 e. The fraction of sp³-hybridized carbons (Fsp3) is 0.737. The van der Waals surface area contributed by atoms with Crippen LogP contribution in [0.4, 0.5) is 4.79 Å². The van der Waals surface area contributed by atoms with E-state index in [4.69, 9.17) is 14.2 Å². The van der Waals surface area contributed by atoms with Crippen LogP contribution in [0.25, 0.3) is 0 Å². The summed E-state index contributed by atoms with van der Waals surface area (Å²) in [5, 5.41) is 2.21. The van der Waals surface area contributed by atoms with Crippen LogP contribution in [0.15, 0.2) is 0 Å². The lowest BCUT2D eigenvalue weighted by molar-refractivity contribution is -0.165. The maximum absolute atomic E-state index is 12.3. The molecule has 0 fully saturated rings. The number of ketones is 2. The first-order chi connectivity index (χ1) is 12.3. The van der Waals surface area contributed by atoms with Gasteiger partial charge in [-0.2, -0.15) is 0 Å². The van der Waals surface area contributed by atoms with Crippen molar-refractivity contribution in [2.24, 2.45) is 0 Å². The third kappa shape index (κ3) is 11.3. The molecule has 0 saturated heterocycles. The fourth-order valence-electron chi connectivity index (χ4n) is 1.73. The molecule has 0 bridgehead atoms. The summed E-state index contributed by atoms with van der Waals surface area (Å²) in [6, 6.07) is -1.51. The highest BCUT2D eigenvalue weighted by Gasteiger charge is 2.35. The summed E-state index contributed by atoms with van der Waals surface area (Å²) in [5.41, 5.74) is -2.71. The average molecular weight is 401 g/mol. The number of carbonyl (C=O) groups excluding carboxylic acids is 5. The summed E-state index contributed by atoms with van der Waals surface area (Å²) in [7, 11) is 0. The van der Waals surface area contributed by atoms with Crippen molar-refractivity contribution in [3.05, 3.63) is 0 Å². The van der Waals surface area contributed by atoms with Crippen LogP contribution in [0, 0.1) is 0 Å². The second-order valence-electron chi connectivity index (χ2n) is 9.19. The number of hydrogen-bond acceptors (Lipinski definition) is 8. The molecule has 160 valence electrons. The molecule has 1 atom stereocenters. The van der Waals surface area contributed by atoms with Crippen LogP contribution in [0.3, 0.4) is 0 Å². The number of alkyl carbamates (subject to hydrolysis) is 1. The Morgan fingerprint density at radius 1 is 0.714 bits per heavy atom. The van der Waals surface area contributed by atoms with Gasteiger partial charge in [-0.25, -0.2) is 14.4 Å². The lowest BCUT2D eigenvalue weighted by Gasteiger charge is -2.26. The maximum atomic E-state index is 12.3. The molecule has 1 amide bonds. The molecular formula is C19H31NO8. The van der Waals surface area contributed by atoms with E-state index in [9.17, 15) is 24.0 Å². The number of Topliss-reactive ketones (excluding diaryl/α,β-unsaturated/α-hetero) is 2. The lowest BCUT2D eigenvalue weighted by atomic mass is 10.1. The first kappa shape index (κ1) is 25.6. The van der Waals surface area contributed by atoms with Crippen molar-refractivity contribution < 1.29 is 38.2 Å². The van der Waals surface area contributed by atoms with Gasteiger partial charge < -0.3 is 19.5 Å². The predicted octanol–water partition coefficient (Wildman–Crippen LogP) is 2.09. The third-order valence-corrected chi connectivity index (χ3v) is 2.61. The van der Waals surface area contributed by atoms with Crippen LogP contribution < -0.4 is 5.32 Å². The number of hydrogen-bond donors (Lipinski definition) is 1. The molecule has 9 heteroatoms. The highest BCUT2D eigenvalue weighted by atomic mass is 16.6. The Morgan fingerprint density at radius 2 is 1.14 bits per heavy atom. The van der Waals surface area contributed by atoms with Crippen molar-refractivity contribution in [2.45, 2.75) is 91.6 Å². The van der Waals surface area contributed by atoms with E-state index in [-0.39, 0.29) is 0 Å². The third-order valence-electron chi connectivity index (χ3n) is 2.61. The predicted molar refractivity (Wildman–Crippen MR) is 99.5 cm³/mol. The second-order valence-corrected chi connectivity index (χ2v) is 9.19. The molecule has 0 heterocycles. The second kappa shape index (κ2) is 9.16. The van der Waals surface area contributed by atoms with Crippen LogP contribution in [-0.2, 0) is 33.4 Å². The minimum Gasteiger partial charge on any atom is -0.458 e. The Morgan fingerprint density at radius 3 is 1.54 bits per heavy atom. The molecule has 0 aromatic rings. The summed E-state index contributed by atoms with van der Waals surface area (Å²) < 4.78 is 15.1. The van der Waals surface area contributed by atoms with Gasteiger partial charge in [0.25, 0.3) is 0 Å². The van der Waals surface area contributed by atoms with Crippen molar-refractivity contribution in [1.82, 2.24) is 5.32 Å². The van der Waals surface area contributed by atoms with Crippen LogP contribution >= 0.6 is 0 Å². The van der Waals surface area contributed by atoms with Crippen molar-refractivity contribution in [3.63, 3.8) is 0 Å². The van der Waals surface area contributed by atoms with Gasteiger partial charge in [-0.3, -0.25) is 9.59 Å². The van der Waals surface area contributed by atoms with Gasteiger partial charge >= 0.3 is 23.8 Å². The van der Waals surface area contributed by atoms with E-state index in [0.29, 0.717) is 0 Å². The zero-order chi connectivity index (χ0) is 22.5. The van der Waals surface area contributed by atoms with Crippen LogP contribution in [0.1, 0.15) is 68.7 Å². The van der Waals surface area contributed by atoms with Crippen LogP contribution in [0.2, 0.25) is 0 Å². The number of nitrogens with one attached hydrogen (secondary N) is 1. The van der Waals surface area contributed by atoms with Gasteiger partial charge in [0, 0.05) is 6.42 Å². The largest absolute Gasteiger partial charge is 0.458 e. The number of rotatable bonds is 6. The van der Waals surface area contributed by atoms with E-state index in [1.54, 1.807) is 41.5 Å². The number of esters is 2.